The summed E-state index contributed by atoms with van der Waals surface area (Å²) in [4.78, 5) is 0. The van der Waals surface area contributed by atoms with Crippen molar-refractivity contribution in [2.45, 2.75) is 44.3 Å². The highest BCUT2D eigenvalue weighted by atomic mass is 32.1. The van der Waals surface area contributed by atoms with Gasteiger partial charge in [-0.25, -0.2) is 0 Å². The minimum Gasteiger partial charge on any atom is -0.404 e. The van der Waals surface area contributed by atoms with Crippen LogP contribution in [0, 0.1) is 5.41 Å². The van der Waals surface area contributed by atoms with Crippen LogP contribution in [-0.2, 0) is 6.54 Å². The molecule has 10 N–H and O–H groups in total. The van der Waals surface area contributed by atoms with Crippen LogP contribution in [0.25, 0.3) is 11.6 Å². The number of nitrogens with two attached hydrogens (primary N) is 4. The van der Waals surface area contributed by atoms with Gasteiger partial charge in [-0.05, 0) is 60.6 Å². The number of thiocarbonyl (C=S) groups is 1. The van der Waals surface area contributed by atoms with Crippen LogP contribution in [0.1, 0.15) is 47.9 Å². The van der Waals surface area contributed by atoms with E-state index in [0.29, 0.717) is 34.6 Å². The second-order valence-corrected chi connectivity index (χ2v) is 8.49. The second kappa shape index (κ2) is 11.0. The topological polar surface area (TPSA) is 140 Å². The van der Waals surface area contributed by atoms with Crippen molar-refractivity contribution in [3.05, 3.63) is 76.6 Å². The molecule has 1 fully saturated rings. The number of nitrogen functional groups attached to an aromatic ring is 1. The highest BCUT2D eigenvalue weighted by molar-refractivity contribution is 7.79. The van der Waals surface area contributed by atoms with Crippen LogP contribution in [0.4, 0.5) is 5.69 Å². The summed E-state index contributed by atoms with van der Waals surface area (Å²) in [6.45, 7) is 0.791. The van der Waals surface area contributed by atoms with Gasteiger partial charge >= 0.3 is 0 Å². The first-order chi connectivity index (χ1) is 15.4. The molecule has 1 aliphatic rings. The molecule has 2 aromatic carbocycles. The molecule has 2 aromatic rings. The maximum atomic E-state index is 8.58. The number of benzene rings is 2. The fourth-order valence-corrected chi connectivity index (χ4v) is 4.16. The van der Waals surface area contributed by atoms with Gasteiger partial charge in [-0.3, -0.25) is 5.41 Å². The average Bonchev–Trinajstić information content (AvgIpc) is 2.80. The van der Waals surface area contributed by atoms with Crippen LogP contribution in [0.15, 0.2) is 54.4 Å². The quantitative estimate of drug-likeness (QED) is 0.158. The van der Waals surface area contributed by atoms with E-state index in [1.54, 1.807) is 18.2 Å². The first-order valence-corrected chi connectivity index (χ1v) is 11.3. The van der Waals surface area contributed by atoms with E-state index in [2.05, 4.69) is 17.4 Å². The van der Waals surface area contributed by atoms with Crippen molar-refractivity contribution in [2.24, 2.45) is 17.2 Å². The number of hydrogen-bond acceptors (Lipinski definition) is 7. The van der Waals surface area contributed by atoms with E-state index in [4.69, 9.17) is 40.6 Å². The van der Waals surface area contributed by atoms with Gasteiger partial charge in [-0.15, -0.1) is 0 Å². The van der Waals surface area contributed by atoms with Gasteiger partial charge in [-0.1, -0.05) is 42.5 Å². The highest BCUT2D eigenvalue weighted by Crippen LogP contribution is 2.22. The molecule has 1 saturated carbocycles. The van der Waals surface area contributed by atoms with E-state index in [0.717, 1.165) is 43.4 Å². The van der Waals surface area contributed by atoms with Crippen molar-refractivity contribution in [3.63, 3.8) is 0 Å². The molecule has 168 valence electrons. The molecule has 0 saturated heterocycles. The molecule has 1 aliphatic carbocycles. The lowest BCUT2D eigenvalue weighted by Gasteiger charge is -2.27. The Balaban J connectivity index is 1.73. The Morgan fingerprint density at radius 2 is 1.88 bits per heavy atom. The zero-order chi connectivity index (χ0) is 23.1. The lowest BCUT2D eigenvalue weighted by molar-refractivity contribution is 0.342. The smallest absolute Gasteiger partial charge is 0.0862 e. The van der Waals surface area contributed by atoms with Crippen molar-refractivity contribution >= 4 is 40.6 Å². The van der Waals surface area contributed by atoms with Crippen LogP contribution in [-0.4, -0.2) is 23.2 Å². The zero-order valence-corrected chi connectivity index (χ0v) is 19.0. The van der Waals surface area contributed by atoms with E-state index in [-0.39, 0.29) is 5.71 Å². The van der Waals surface area contributed by atoms with Crippen molar-refractivity contribution in [2.75, 3.05) is 5.73 Å². The van der Waals surface area contributed by atoms with Crippen LogP contribution < -0.4 is 28.3 Å². The lowest BCUT2D eigenvalue weighted by Crippen LogP contribution is -2.37. The van der Waals surface area contributed by atoms with Gasteiger partial charge < -0.3 is 28.3 Å². The Morgan fingerprint density at radius 3 is 2.56 bits per heavy atom. The standard InChI is InChI=1S/C25H32N6S/c26-13-19(15-32)18-4-9-23(28)22(12-18)25(30)24(29)11-16-2-1-3-17(10-16)14-31-21-7-5-20(27)6-8-21/h1-4,9-13,15,20-21,30-31H,5-8,14,26-29H2/b19-13+,24-11-,30-25?. The Morgan fingerprint density at radius 1 is 1.12 bits per heavy atom. The van der Waals surface area contributed by atoms with Crippen molar-refractivity contribution in [1.29, 1.82) is 5.41 Å². The molecule has 0 heterocycles. The third-order valence-electron chi connectivity index (χ3n) is 5.89. The van der Waals surface area contributed by atoms with Crippen LogP contribution in [0.2, 0.25) is 0 Å². The molecular weight excluding hydrogens is 416 g/mol. The lowest BCUT2D eigenvalue weighted by atomic mass is 9.91. The normalized spacial score (nSPS) is 19.5. The molecule has 6 nitrogen and oxygen atoms in total. The molecule has 0 unspecified atom stereocenters. The summed E-state index contributed by atoms with van der Waals surface area (Å²) in [5, 5.41) is 13.7. The minimum atomic E-state index is 0.159. The van der Waals surface area contributed by atoms with Gasteiger partial charge in [-0.2, -0.15) is 0 Å². The van der Waals surface area contributed by atoms with E-state index in [1.165, 1.54) is 17.1 Å². The van der Waals surface area contributed by atoms with Crippen molar-refractivity contribution in [3.8, 4) is 0 Å². The Bertz CT molecular complexity index is 1030. The van der Waals surface area contributed by atoms with E-state index < -0.39 is 0 Å². The van der Waals surface area contributed by atoms with Gasteiger partial charge in [0, 0.05) is 47.0 Å². The fourth-order valence-electron chi connectivity index (χ4n) is 3.94. The predicted molar refractivity (Wildman–Crippen MR) is 139 cm³/mol. The Kier molecular flexibility index (Phi) is 8.16. The maximum absolute atomic E-state index is 8.58. The van der Waals surface area contributed by atoms with E-state index >= 15 is 0 Å². The first kappa shape index (κ1) is 23.7. The summed E-state index contributed by atoms with van der Waals surface area (Å²) >= 11 is 5.01. The van der Waals surface area contributed by atoms with Crippen LogP contribution in [0.3, 0.4) is 0 Å². The van der Waals surface area contributed by atoms with Crippen LogP contribution in [0.5, 0.6) is 0 Å². The van der Waals surface area contributed by atoms with Gasteiger partial charge in [0.05, 0.1) is 11.4 Å². The summed E-state index contributed by atoms with van der Waals surface area (Å²) in [6, 6.07) is 14.4. The van der Waals surface area contributed by atoms with Crippen molar-refractivity contribution in [1.82, 2.24) is 5.32 Å². The SMILES string of the molecule is N=C(/C(N)=C/c1cccc(CNC2CCC(N)CC2)c1)c1cc(/C(C=S)=C/N)ccc1N. The maximum Gasteiger partial charge on any atom is 0.0862 e. The molecule has 0 radical (unpaired) electrons. The summed E-state index contributed by atoms with van der Waals surface area (Å²) in [5.41, 5.74) is 29.1. The molecular formula is C25H32N6S. The largest absolute Gasteiger partial charge is 0.404 e. The molecule has 0 spiro atoms. The van der Waals surface area contributed by atoms with Gasteiger partial charge in [0.2, 0.25) is 0 Å². The molecule has 0 bridgehead atoms. The molecule has 32 heavy (non-hydrogen) atoms. The van der Waals surface area contributed by atoms with Gasteiger partial charge in [0.1, 0.15) is 0 Å². The number of allylic oxidation sites excluding steroid dienone is 2. The fraction of sp³-hybridized carbons (Fsp3) is 0.280. The number of anilines is 1. The van der Waals surface area contributed by atoms with E-state index in [1.807, 2.05) is 18.2 Å². The molecule has 3 rings (SSSR count). The van der Waals surface area contributed by atoms with Crippen molar-refractivity contribution < 1.29 is 0 Å². The highest BCUT2D eigenvalue weighted by Gasteiger charge is 2.17. The number of nitrogens with one attached hydrogen (secondary N) is 2. The summed E-state index contributed by atoms with van der Waals surface area (Å²) < 4.78 is 0. The van der Waals surface area contributed by atoms with Crippen LogP contribution >= 0.6 is 12.2 Å². The summed E-state index contributed by atoms with van der Waals surface area (Å²) in [5.74, 6) is 0. The molecule has 0 aliphatic heterocycles. The number of hydrogen-bond donors (Lipinski definition) is 6. The molecule has 0 aromatic heterocycles. The monoisotopic (exact) mass is 448 g/mol. The second-order valence-electron chi connectivity index (χ2n) is 8.25. The third-order valence-corrected chi connectivity index (χ3v) is 6.15. The summed E-state index contributed by atoms with van der Waals surface area (Å²) in [6.07, 6.45) is 7.64. The first-order valence-electron chi connectivity index (χ1n) is 10.8. The third kappa shape index (κ3) is 6.03. The molecule has 0 atom stereocenters. The average molecular weight is 449 g/mol. The number of rotatable bonds is 8. The zero-order valence-electron chi connectivity index (χ0n) is 18.2. The minimum absolute atomic E-state index is 0.159. The predicted octanol–water partition coefficient (Wildman–Crippen LogP) is 3.30. The molecule has 7 heteroatoms. The summed E-state index contributed by atoms with van der Waals surface area (Å²) in [7, 11) is 0. The Hall–Kier alpha value is -3.00. The Labute approximate surface area is 195 Å². The molecule has 0 amide bonds. The van der Waals surface area contributed by atoms with Gasteiger partial charge in [0.25, 0.3) is 0 Å². The van der Waals surface area contributed by atoms with E-state index in [9.17, 15) is 0 Å². The van der Waals surface area contributed by atoms with Gasteiger partial charge in [0.15, 0.2) is 0 Å².